The van der Waals surface area contributed by atoms with Gasteiger partial charge in [0.25, 0.3) is 52.5 Å². The number of nitrogens with zero attached hydrogens (tertiary/aromatic N) is 6. The van der Waals surface area contributed by atoms with Crippen molar-refractivity contribution in [2.75, 3.05) is 100 Å². The number of halogens is 9. The minimum Gasteiger partial charge on any atom is -0.497 e. The number of amides is 1. The molecule has 706 valence electrons. The van der Waals surface area contributed by atoms with E-state index in [-0.39, 0.29) is 145 Å². The predicted octanol–water partition coefficient (Wildman–Crippen LogP) is 13.6. The van der Waals surface area contributed by atoms with Crippen LogP contribution in [0.15, 0.2) is 197 Å². The van der Waals surface area contributed by atoms with Gasteiger partial charge in [-0.2, -0.15) is 64.8 Å². The van der Waals surface area contributed by atoms with Crippen molar-refractivity contribution >= 4 is 90.8 Å². The zero-order chi connectivity index (χ0) is 96.1. The number of methoxy groups -OCH3 is 3. The number of benzene rings is 6. The Labute approximate surface area is 760 Å². The molecule has 4 heterocycles. The number of ether oxygens (including phenoxy) is 4. The molecule has 1 aliphatic rings. The summed E-state index contributed by atoms with van der Waals surface area (Å²) in [4.78, 5) is 32.5. The van der Waals surface area contributed by atoms with E-state index in [2.05, 4.69) is 58.3 Å². The Morgan fingerprint density at radius 3 is 1.03 bits per heavy atom. The van der Waals surface area contributed by atoms with Crippen molar-refractivity contribution < 1.29 is 128 Å². The molecule has 42 heteroatoms. The van der Waals surface area contributed by atoms with Gasteiger partial charge in [0, 0.05) is 114 Å². The van der Waals surface area contributed by atoms with Gasteiger partial charge in [0.1, 0.15) is 39.2 Å². The second-order valence-corrected chi connectivity index (χ2v) is 42.3. The third-order valence-corrected chi connectivity index (χ3v) is 30.6. The van der Waals surface area contributed by atoms with Gasteiger partial charge in [-0.3, -0.25) is 40.9 Å². The summed E-state index contributed by atoms with van der Waals surface area (Å²) in [5, 5.41) is 2.43. The SMILES string of the molecule is CCOP(=O)(c1ccc(S(=O)(=O)OCC(F)(F)F)cc1)c1cc(C#Cc2ccc(OC)cc2)cc(CN2CCN(Cc3cc(C#Cc4ccc(OC)cc4)cc(P(=O)(OCC)c4ccc(S(=O)(=O)OCC(F)(F)F)cc4)n3)C[C@H](CCCCNC(=O)OC(C)(C)C)N(Cc3cc(C#Cc4ccc(OC)cc4)cc(P(=O)(OCC)c4ccc(S(=O)(=O)OCC(F)(F)F)cc4)n3)CC2)n1. The lowest BCUT2D eigenvalue weighted by Crippen LogP contribution is -2.45. The van der Waals surface area contributed by atoms with Crippen LogP contribution in [0.3, 0.4) is 0 Å². The van der Waals surface area contributed by atoms with E-state index in [0.717, 1.165) is 72.8 Å². The molecule has 1 aliphatic heterocycles. The Morgan fingerprint density at radius 2 is 0.720 bits per heavy atom. The number of carbonyl (C=O) groups excluding carboxylic acids is 1. The van der Waals surface area contributed by atoms with Crippen molar-refractivity contribution in [3.05, 3.63) is 232 Å². The van der Waals surface area contributed by atoms with E-state index < -0.39 is 123 Å². The standard InChI is InChI=1S/C90H95F9N7O20P3S3/c1-10-120-127(108,77-34-40-80(41-35-77)130(111,112)123-61-88(91,92)93)83-54-67(19-16-64-22-28-74(117-7)29-23-64)51-70(101-83)57-104-47-48-105(58-71-52-68(20-17-65-24-30-75(118-8)31-25-65)55-84(102-71)128(109,121-11-2)78-36-42-81(43-37-78)131(113,114)124-62-89(94,95)96)60-73(15-13-14-46-100-86(107)126-87(4,5)6)106(50-49-104)59-72-53-69(21-18-66-26-32-76(119-9)33-27-66)56-85(103-72)129(110,122-12-3)79-38-44-82(45-39-79)132(115,116)125-63-90(97,98)99/h22-45,51-56,73H,10-15,46-50,57-63H2,1-9H3,(H,100,107)/t73-,127?,128?,129?/m0/s1. The largest absolute Gasteiger partial charge is 0.497 e. The van der Waals surface area contributed by atoms with Crippen LogP contribution in [0.25, 0.3) is 0 Å². The van der Waals surface area contributed by atoms with Gasteiger partial charge in [0.05, 0.1) is 72.9 Å². The normalized spacial score (nSPS) is 15.5. The van der Waals surface area contributed by atoms with Gasteiger partial charge < -0.3 is 37.8 Å². The van der Waals surface area contributed by atoms with Gasteiger partial charge in [-0.1, -0.05) is 41.9 Å². The molecular weight excluding hydrogens is 1860 g/mol. The first kappa shape index (κ1) is 104. The monoisotopic (exact) mass is 1950 g/mol. The first-order valence-corrected chi connectivity index (χ1v) is 50.0. The van der Waals surface area contributed by atoms with Crippen LogP contribution in [0.2, 0.25) is 0 Å². The highest BCUT2D eigenvalue weighted by molar-refractivity contribution is 7.87. The van der Waals surface area contributed by atoms with E-state index in [1.807, 2.05) is 9.80 Å². The number of hydrogen-bond acceptors (Lipinski definition) is 26. The van der Waals surface area contributed by atoms with Crippen molar-refractivity contribution in [3.8, 4) is 52.8 Å². The molecule has 0 aliphatic carbocycles. The molecule has 1 amide bonds. The molecule has 0 radical (unpaired) electrons. The highest BCUT2D eigenvalue weighted by Crippen LogP contribution is 2.47. The number of hydrogen-bond donors (Lipinski definition) is 1. The number of alkyl halides is 9. The molecule has 27 nitrogen and oxygen atoms in total. The van der Waals surface area contributed by atoms with Gasteiger partial charge in [0.15, 0.2) is 19.8 Å². The molecule has 1 N–H and O–H groups in total. The zero-order valence-corrected chi connectivity index (χ0v) is 78.1. The van der Waals surface area contributed by atoms with Crippen molar-refractivity contribution in [1.82, 2.24) is 35.0 Å². The Hall–Kier alpha value is -10.3. The van der Waals surface area contributed by atoms with Crippen molar-refractivity contribution in [1.29, 1.82) is 0 Å². The van der Waals surface area contributed by atoms with E-state index in [9.17, 15) is 69.6 Å². The van der Waals surface area contributed by atoms with E-state index in [1.165, 1.54) is 39.5 Å². The second kappa shape index (κ2) is 45.1. The molecule has 6 aromatic carbocycles. The maximum atomic E-state index is 16.1. The summed E-state index contributed by atoms with van der Waals surface area (Å²) in [5.74, 6) is 20.5. The lowest BCUT2D eigenvalue weighted by Gasteiger charge is -2.35. The number of carbonyl (C=O) groups is 1. The van der Waals surface area contributed by atoms with Crippen LogP contribution in [0.5, 0.6) is 17.2 Å². The number of alkyl carbamates (subject to hydrolysis) is 1. The van der Waals surface area contributed by atoms with Crippen molar-refractivity contribution in [2.45, 2.75) is 125 Å². The summed E-state index contributed by atoms with van der Waals surface area (Å²) in [7, 11) is -24.2. The van der Waals surface area contributed by atoms with Gasteiger partial charge in [-0.15, -0.1) is 0 Å². The zero-order valence-electron chi connectivity index (χ0n) is 72.9. The van der Waals surface area contributed by atoms with Crippen LogP contribution in [0.4, 0.5) is 44.3 Å². The fraction of sp³-hybridized carbons (Fsp3) is 0.356. The Kier molecular flexibility index (Phi) is 35.5. The minimum absolute atomic E-state index is 0.0938. The summed E-state index contributed by atoms with van der Waals surface area (Å²) in [5.41, 5.74) is 1.51. The quantitative estimate of drug-likeness (QED) is 0.0127. The van der Waals surface area contributed by atoms with Crippen LogP contribution >= 0.6 is 22.1 Å². The first-order valence-electron chi connectivity index (χ1n) is 40.9. The molecule has 0 spiro atoms. The highest BCUT2D eigenvalue weighted by atomic mass is 32.2. The predicted molar refractivity (Wildman–Crippen MR) is 475 cm³/mol. The Bertz CT molecular complexity index is 6230. The van der Waals surface area contributed by atoms with E-state index in [4.69, 9.17) is 47.5 Å². The lowest BCUT2D eigenvalue weighted by molar-refractivity contribution is -0.153. The topological polar surface area (TPSA) is 323 Å². The maximum Gasteiger partial charge on any atom is 0.413 e. The number of aromatic nitrogens is 3. The average molecular weight is 1950 g/mol. The molecule has 0 bridgehead atoms. The molecule has 132 heavy (non-hydrogen) atoms. The molecule has 0 saturated carbocycles. The van der Waals surface area contributed by atoms with E-state index in [0.29, 0.717) is 53.2 Å². The molecule has 3 aromatic heterocycles. The van der Waals surface area contributed by atoms with Crippen LogP contribution in [-0.2, 0) is 94.5 Å². The van der Waals surface area contributed by atoms with Gasteiger partial charge in [-0.25, -0.2) is 19.7 Å². The Morgan fingerprint density at radius 1 is 0.417 bits per heavy atom. The third-order valence-electron chi connectivity index (χ3n) is 19.5. The fourth-order valence-electron chi connectivity index (χ4n) is 13.3. The molecule has 1 saturated heterocycles. The van der Waals surface area contributed by atoms with Crippen LogP contribution in [0.1, 0.15) is 111 Å². The van der Waals surface area contributed by atoms with Crippen LogP contribution < -0.4 is 51.7 Å². The lowest BCUT2D eigenvalue weighted by atomic mass is 10.1. The number of nitrogens with one attached hydrogen (secondary N) is 1. The molecule has 3 unspecified atom stereocenters. The van der Waals surface area contributed by atoms with Gasteiger partial charge >= 0.3 is 24.6 Å². The van der Waals surface area contributed by atoms with E-state index in [1.54, 1.807) is 133 Å². The second-order valence-electron chi connectivity index (χ2n) is 30.5. The molecular formula is C90H95F9N7O20P3S3. The number of unbranched alkanes of at least 4 members (excludes halogenated alkanes) is 1. The minimum atomic E-state index is -5.04. The van der Waals surface area contributed by atoms with Crippen molar-refractivity contribution in [3.63, 3.8) is 0 Å². The van der Waals surface area contributed by atoms with E-state index >= 15 is 13.7 Å². The van der Waals surface area contributed by atoms with Crippen LogP contribution in [0, 0.1) is 35.5 Å². The maximum absolute atomic E-state index is 16.1. The van der Waals surface area contributed by atoms with Crippen LogP contribution in [-0.4, -0.2) is 191 Å². The first-order chi connectivity index (χ1) is 62.2. The summed E-state index contributed by atoms with van der Waals surface area (Å²) < 4.78 is 300. The highest BCUT2D eigenvalue weighted by Gasteiger charge is 2.40. The smallest absolute Gasteiger partial charge is 0.413 e. The van der Waals surface area contributed by atoms with Crippen molar-refractivity contribution in [2.24, 2.45) is 0 Å². The number of rotatable bonds is 35. The summed E-state index contributed by atoms with van der Waals surface area (Å²) in [6, 6.07) is 41.1. The molecule has 1 fully saturated rings. The molecule has 4 atom stereocenters. The van der Waals surface area contributed by atoms with Gasteiger partial charge in [0.2, 0.25) is 0 Å². The third kappa shape index (κ3) is 30.1. The summed E-state index contributed by atoms with van der Waals surface area (Å²) in [6.07, 6.45) is -14.7. The number of pyridine rings is 3. The fourth-order valence-corrected chi connectivity index (χ4v) is 22.1. The molecule has 9 aromatic rings. The summed E-state index contributed by atoms with van der Waals surface area (Å²) in [6.45, 7) is 3.14. The molecule has 10 rings (SSSR count). The average Bonchev–Trinajstić information content (AvgIpc) is 0.834. The summed E-state index contributed by atoms with van der Waals surface area (Å²) >= 11 is 0. The van der Waals surface area contributed by atoms with Gasteiger partial charge in [-0.05, 0) is 236 Å². The Balaban J connectivity index is 1.17.